The Morgan fingerprint density at radius 3 is 2.41 bits per heavy atom. The molecule has 0 amide bonds. The molecule has 6 heteroatoms. The summed E-state index contributed by atoms with van der Waals surface area (Å²) in [6.07, 6.45) is 0.451. The molecule has 0 spiro atoms. The number of ether oxygens (including phenoxy) is 1. The van der Waals surface area contributed by atoms with E-state index in [1.165, 1.54) is 18.9 Å². The Labute approximate surface area is 135 Å². The number of thioether (sulfide) groups is 1. The van der Waals surface area contributed by atoms with Gasteiger partial charge in [-0.15, -0.1) is 0 Å². The molecule has 1 rings (SSSR count). The molecule has 0 radical (unpaired) electrons. The van der Waals surface area contributed by atoms with Crippen molar-refractivity contribution in [3.63, 3.8) is 0 Å². The number of esters is 1. The molecule has 0 saturated carbocycles. The highest BCUT2D eigenvalue weighted by atomic mass is 32.2. The number of methoxy groups -OCH3 is 1. The molecule has 0 aliphatic rings. The predicted octanol–water partition coefficient (Wildman–Crippen LogP) is 1.94. The first-order chi connectivity index (χ1) is 10.3. The van der Waals surface area contributed by atoms with E-state index in [1.54, 1.807) is 0 Å². The Morgan fingerprint density at radius 1 is 1.32 bits per heavy atom. The Hall–Kier alpha value is -1.53. The molecule has 5 nitrogen and oxygen atoms in total. The standard InChI is InChI=1S/C16H23NO4S/c1-16(2,13(17)15(20)21-3)22-10-12(14(18)19)9-11-7-5-4-6-8-11/h4-8,12-13H,9-10,17H2,1-3H3,(H,18,19)/t12-,13-/m1/s1. The van der Waals surface area contributed by atoms with Crippen molar-refractivity contribution >= 4 is 23.7 Å². The Morgan fingerprint density at radius 2 is 1.91 bits per heavy atom. The lowest BCUT2D eigenvalue weighted by Crippen LogP contribution is -2.48. The summed E-state index contributed by atoms with van der Waals surface area (Å²) in [4.78, 5) is 23.0. The monoisotopic (exact) mass is 325 g/mol. The second-order valence-electron chi connectivity index (χ2n) is 5.64. The van der Waals surface area contributed by atoms with Gasteiger partial charge < -0.3 is 15.6 Å². The van der Waals surface area contributed by atoms with Crippen LogP contribution in [0.3, 0.4) is 0 Å². The summed E-state index contributed by atoms with van der Waals surface area (Å²) in [6, 6.07) is 8.69. The minimum atomic E-state index is -0.848. The minimum absolute atomic E-state index is 0.377. The van der Waals surface area contributed by atoms with Gasteiger partial charge in [0.1, 0.15) is 6.04 Å². The van der Waals surface area contributed by atoms with Crippen LogP contribution in [0.2, 0.25) is 0 Å². The third-order valence-corrected chi connectivity index (χ3v) is 5.10. The van der Waals surface area contributed by atoms with E-state index in [2.05, 4.69) is 4.74 Å². The second-order valence-corrected chi connectivity index (χ2v) is 7.31. The molecular weight excluding hydrogens is 302 g/mol. The van der Waals surface area contributed by atoms with Crippen LogP contribution >= 0.6 is 11.8 Å². The van der Waals surface area contributed by atoms with Gasteiger partial charge in [-0.1, -0.05) is 30.3 Å². The fourth-order valence-corrected chi connectivity index (χ4v) is 3.10. The van der Waals surface area contributed by atoms with E-state index in [0.717, 1.165) is 5.56 Å². The van der Waals surface area contributed by atoms with E-state index < -0.39 is 28.6 Å². The molecule has 0 bridgehead atoms. The van der Waals surface area contributed by atoms with Crippen molar-refractivity contribution in [3.05, 3.63) is 35.9 Å². The number of nitrogens with two attached hydrogens (primary N) is 1. The van der Waals surface area contributed by atoms with E-state index in [1.807, 2.05) is 44.2 Å². The quantitative estimate of drug-likeness (QED) is 0.710. The second kappa shape index (κ2) is 8.19. The fraction of sp³-hybridized carbons (Fsp3) is 0.500. The molecule has 1 aromatic carbocycles. The zero-order valence-corrected chi connectivity index (χ0v) is 13.9. The summed E-state index contributed by atoms with van der Waals surface area (Å²) in [6.45, 7) is 3.64. The van der Waals surface area contributed by atoms with Crippen LogP contribution in [0.5, 0.6) is 0 Å². The average molecular weight is 325 g/mol. The molecule has 0 unspecified atom stereocenters. The smallest absolute Gasteiger partial charge is 0.324 e. The van der Waals surface area contributed by atoms with Gasteiger partial charge in [0.15, 0.2) is 0 Å². The summed E-state index contributed by atoms with van der Waals surface area (Å²) in [7, 11) is 1.29. The molecule has 0 heterocycles. The number of rotatable bonds is 8. The third kappa shape index (κ3) is 5.35. The Kier molecular flexibility index (Phi) is 6.90. The number of carbonyl (C=O) groups is 2. The van der Waals surface area contributed by atoms with E-state index in [0.29, 0.717) is 12.2 Å². The van der Waals surface area contributed by atoms with Crippen molar-refractivity contribution in [2.45, 2.75) is 31.1 Å². The van der Waals surface area contributed by atoms with Crippen molar-refractivity contribution in [1.82, 2.24) is 0 Å². The van der Waals surface area contributed by atoms with E-state index >= 15 is 0 Å². The van der Waals surface area contributed by atoms with Gasteiger partial charge in [0.05, 0.1) is 13.0 Å². The number of benzene rings is 1. The zero-order chi connectivity index (χ0) is 16.8. The van der Waals surface area contributed by atoms with Crippen LogP contribution in [-0.2, 0) is 20.7 Å². The van der Waals surface area contributed by atoms with Crippen molar-refractivity contribution in [2.75, 3.05) is 12.9 Å². The average Bonchev–Trinajstić information content (AvgIpc) is 2.50. The summed E-state index contributed by atoms with van der Waals surface area (Å²) < 4.78 is 4.05. The minimum Gasteiger partial charge on any atom is -0.481 e. The normalized spacial score (nSPS) is 14.2. The zero-order valence-electron chi connectivity index (χ0n) is 13.1. The summed E-state index contributed by atoms with van der Waals surface area (Å²) >= 11 is 1.38. The predicted molar refractivity (Wildman–Crippen MR) is 87.8 cm³/mol. The lowest BCUT2D eigenvalue weighted by atomic mass is 10.0. The third-order valence-electron chi connectivity index (χ3n) is 3.53. The first-order valence-corrected chi connectivity index (χ1v) is 8.00. The molecule has 2 atom stereocenters. The van der Waals surface area contributed by atoms with Gasteiger partial charge in [0.25, 0.3) is 0 Å². The number of aliphatic carboxylic acids is 1. The number of hydrogen-bond donors (Lipinski definition) is 2. The SMILES string of the molecule is COC(=O)[C@@H](N)C(C)(C)SC[C@@H](Cc1ccccc1)C(=O)O. The van der Waals surface area contributed by atoms with Gasteiger partial charge >= 0.3 is 11.9 Å². The molecular formula is C16H23NO4S. The van der Waals surface area contributed by atoms with Gasteiger partial charge in [-0.25, -0.2) is 0 Å². The maximum absolute atomic E-state index is 11.6. The summed E-state index contributed by atoms with van der Waals surface area (Å²) in [5.41, 5.74) is 6.85. The van der Waals surface area contributed by atoms with E-state index in [4.69, 9.17) is 5.73 Å². The van der Waals surface area contributed by atoms with Crippen LogP contribution in [0.25, 0.3) is 0 Å². The van der Waals surface area contributed by atoms with Gasteiger partial charge in [0, 0.05) is 10.5 Å². The van der Waals surface area contributed by atoms with Gasteiger partial charge in [-0.05, 0) is 25.8 Å². The number of carboxylic acid groups (broad SMARTS) is 1. The molecule has 0 aliphatic heterocycles. The lowest BCUT2D eigenvalue weighted by molar-refractivity contribution is -0.142. The molecule has 0 fully saturated rings. The molecule has 22 heavy (non-hydrogen) atoms. The molecule has 0 saturated heterocycles. The topological polar surface area (TPSA) is 89.6 Å². The van der Waals surface area contributed by atoms with Crippen LogP contribution in [0.1, 0.15) is 19.4 Å². The van der Waals surface area contributed by atoms with E-state index in [-0.39, 0.29) is 0 Å². The molecule has 3 N–H and O–H groups in total. The van der Waals surface area contributed by atoms with Crippen LogP contribution in [0, 0.1) is 5.92 Å². The van der Waals surface area contributed by atoms with Gasteiger partial charge in [-0.2, -0.15) is 11.8 Å². The van der Waals surface area contributed by atoms with Gasteiger partial charge in [-0.3, -0.25) is 9.59 Å². The molecule has 0 aromatic heterocycles. The maximum atomic E-state index is 11.6. The highest BCUT2D eigenvalue weighted by Gasteiger charge is 2.34. The Balaban J connectivity index is 2.68. The van der Waals surface area contributed by atoms with Gasteiger partial charge in [0.2, 0.25) is 0 Å². The molecule has 1 aromatic rings. The van der Waals surface area contributed by atoms with E-state index in [9.17, 15) is 14.7 Å². The van der Waals surface area contributed by atoms with Crippen molar-refractivity contribution in [1.29, 1.82) is 0 Å². The van der Waals surface area contributed by atoms with Crippen LogP contribution in [0.4, 0.5) is 0 Å². The maximum Gasteiger partial charge on any atom is 0.324 e. The van der Waals surface area contributed by atoms with Crippen LogP contribution < -0.4 is 5.73 Å². The first-order valence-electron chi connectivity index (χ1n) is 7.02. The summed E-state index contributed by atoms with van der Waals surface area (Å²) in [5.74, 6) is -1.50. The van der Waals surface area contributed by atoms with Crippen molar-refractivity contribution in [2.24, 2.45) is 11.7 Å². The molecule has 0 aliphatic carbocycles. The number of carbonyl (C=O) groups excluding carboxylic acids is 1. The first kappa shape index (κ1) is 18.5. The lowest BCUT2D eigenvalue weighted by Gasteiger charge is -2.30. The fourth-order valence-electron chi connectivity index (χ4n) is 1.93. The van der Waals surface area contributed by atoms with Crippen LogP contribution in [0.15, 0.2) is 30.3 Å². The highest BCUT2D eigenvalue weighted by Crippen LogP contribution is 2.30. The Bertz CT molecular complexity index is 504. The van der Waals surface area contributed by atoms with Crippen molar-refractivity contribution < 1.29 is 19.4 Å². The molecule has 122 valence electrons. The number of carboxylic acids is 1. The number of hydrogen-bond acceptors (Lipinski definition) is 5. The highest BCUT2D eigenvalue weighted by molar-refractivity contribution is 8.00. The van der Waals surface area contributed by atoms with Crippen LogP contribution in [-0.4, -0.2) is 40.7 Å². The largest absolute Gasteiger partial charge is 0.481 e. The summed E-state index contributed by atoms with van der Waals surface area (Å²) in [5, 5.41) is 9.39. The van der Waals surface area contributed by atoms with Crippen molar-refractivity contribution in [3.8, 4) is 0 Å².